The van der Waals surface area contributed by atoms with Gasteiger partial charge in [-0.05, 0) is 38.0 Å². The summed E-state index contributed by atoms with van der Waals surface area (Å²) in [5.41, 5.74) is 0. The van der Waals surface area contributed by atoms with Crippen LogP contribution in [-0.4, -0.2) is 5.78 Å². The summed E-state index contributed by atoms with van der Waals surface area (Å²) < 4.78 is 0. The second kappa shape index (κ2) is 3.65. The lowest BCUT2D eigenvalue weighted by Crippen LogP contribution is -2.31. The van der Waals surface area contributed by atoms with Crippen LogP contribution in [0.5, 0.6) is 0 Å². The van der Waals surface area contributed by atoms with Crippen molar-refractivity contribution in [3.05, 3.63) is 12.2 Å². The molecule has 3 unspecified atom stereocenters. The molecular formula is C12H18O. The maximum Gasteiger partial charge on any atom is 0.136 e. The van der Waals surface area contributed by atoms with E-state index in [9.17, 15) is 4.79 Å². The number of Topliss-reactive ketones (excluding diaryl/α,β-unsaturated/α-hetero) is 1. The molecule has 3 atom stereocenters. The van der Waals surface area contributed by atoms with E-state index < -0.39 is 0 Å². The topological polar surface area (TPSA) is 17.1 Å². The number of carbonyl (C=O) groups is 1. The van der Waals surface area contributed by atoms with Gasteiger partial charge in [0.1, 0.15) is 5.78 Å². The third-order valence-electron chi connectivity index (χ3n) is 3.68. The number of fused-ring (bicyclic) bond motifs is 1. The van der Waals surface area contributed by atoms with Crippen molar-refractivity contribution in [2.45, 2.75) is 39.0 Å². The molecule has 0 N–H and O–H groups in total. The van der Waals surface area contributed by atoms with E-state index in [1.165, 1.54) is 32.1 Å². The summed E-state index contributed by atoms with van der Waals surface area (Å²) in [4.78, 5) is 11.4. The lowest BCUT2D eigenvalue weighted by atomic mass is 9.67. The molecule has 2 aliphatic carbocycles. The standard InChI is InChI=1S/C12H18O/c1-9(13)11-8-4-6-10-5-2-3-7-12(10)11/h4,8,10-12H,2-3,5-7H2,1H3. The van der Waals surface area contributed by atoms with Gasteiger partial charge in [0.2, 0.25) is 0 Å². The third kappa shape index (κ3) is 1.70. The smallest absolute Gasteiger partial charge is 0.136 e. The molecule has 0 aliphatic heterocycles. The van der Waals surface area contributed by atoms with Crippen molar-refractivity contribution in [1.82, 2.24) is 0 Å². The molecule has 1 fully saturated rings. The van der Waals surface area contributed by atoms with E-state index in [-0.39, 0.29) is 5.92 Å². The van der Waals surface area contributed by atoms with Gasteiger partial charge in [0.25, 0.3) is 0 Å². The van der Waals surface area contributed by atoms with Crippen LogP contribution in [0, 0.1) is 17.8 Å². The predicted molar refractivity (Wildman–Crippen MR) is 53.4 cm³/mol. The first-order valence-corrected chi connectivity index (χ1v) is 5.46. The van der Waals surface area contributed by atoms with Crippen LogP contribution >= 0.6 is 0 Å². The molecule has 13 heavy (non-hydrogen) atoms. The Balaban J connectivity index is 2.14. The molecule has 0 bridgehead atoms. The molecule has 0 saturated heterocycles. The van der Waals surface area contributed by atoms with E-state index in [0.717, 1.165) is 5.92 Å². The van der Waals surface area contributed by atoms with Crippen molar-refractivity contribution in [2.24, 2.45) is 17.8 Å². The SMILES string of the molecule is CC(=O)C1C=CCC2CCCCC21. The number of allylic oxidation sites excluding steroid dienone is 2. The van der Waals surface area contributed by atoms with Gasteiger partial charge in [0.05, 0.1) is 0 Å². The minimum absolute atomic E-state index is 0.249. The zero-order valence-electron chi connectivity index (χ0n) is 8.33. The number of rotatable bonds is 1. The normalized spacial score (nSPS) is 38.4. The first-order valence-electron chi connectivity index (χ1n) is 5.46. The molecule has 1 heteroatoms. The molecule has 0 heterocycles. The van der Waals surface area contributed by atoms with Crippen LogP contribution in [-0.2, 0) is 4.79 Å². The van der Waals surface area contributed by atoms with Gasteiger partial charge in [0.15, 0.2) is 0 Å². The van der Waals surface area contributed by atoms with Gasteiger partial charge in [-0.15, -0.1) is 0 Å². The minimum atomic E-state index is 0.249. The Kier molecular flexibility index (Phi) is 2.52. The Morgan fingerprint density at radius 1 is 1.31 bits per heavy atom. The van der Waals surface area contributed by atoms with Crippen LogP contribution in [0.1, 0.15) is 39.0 Å². The van der Waals surface area contributed by atoms with Gasteiger partial charge in [-0.2, -0.15) is 0 Å². The third-order valence-corrected chi connectivity index (χ3v) is 3.68. The van der Waals surface area contributed by atoms with Gasteiger partial charge < -0.3 is 0 Å². The van der Waals surface area contributed by atoms with Gasteiger partial charge in [-0.3, -0.25) is 4.79 Å². The van der Waals surface area contributed by atoms with Crippen molar-refractivity contribution in [3.63, 3.8) is 0 Å². The first-order chi connectivity index (χ1) is 6.29. The molecule has 2 rings (SSSR count). The van der Waals surface area contributed by atoms with Crippen LogP contribution in [0.3, 0.4) is 0 Å². The molecule has 1 nitrogen and oxygen atoms in total. The van der Waals surface area contributed by atoms with E-state index in [2.05, 4.69) is 12.2 Å². The van der Waals surface area contributed by atoms with E-state index in [4.69, 9.17) is 0 Å². The van der Waals surface area contributed by atoms with Crippen molar-refractivity contribution < 1.29 is 4.79 Å². The maximum atomic E-state index is 11.4. The van der Waals surface area contributed by atoms with E-state index >= 15 is 0 Å². The lowest BCUT2D eigenvalue weighted by Gasteiger charge is -2.37. The van der Waals surface area contributed by atoms with Crippen LogP contribution in [0.25, 0.3) is 0 Å². The van der Waals surface area contributed by atoms with Crippen LogP contribution in [0.4, 0.5) is 0 Å². The Morgan fingerprint density at radius 3 is 2.85 bits per heavy atom. The van der Waals surface area contributed by atoms with Crippen molar-refractivity contribution in [3.8, 4) is 0 Å². The summed E-state index contributed by atoms with van der Waals surface area (Å²) in [6.07, 6.45) is 10.9. The van der Waals surface area contributed by atoms with Gasteiger partial charge in [0, 0.05) is 5.92 Å². The fraction of sp³-hybridized carbons (Fsp3) is 0.750. The van der Waals surface area contributed by atoms with Crippen LogP contribution in [0.15, 0.2) is 12.2 Å². The Labute approximate surface area is 80.2 Å². The van der Waals surface area contributed by atoms with Crippen LogP contribution in [0.2, 0.25) is 0 Å². The highest BCUT2D eigenvalue weighted by Gasteiger charge is 2.34. The average molecular weight is 178 g/mol. The number of hydrogen-bond donors (Lipinski definition) is 0. The summed E-state index contributed by atoms with van der Waals surface area (Å²) >= 11 is 0. The summed E-state index contributed by atoms with van der Waals surface area (Å²) in [5.74, 6) is 2.11. The highest BCUT2D eigenvalue weighted by Crippen LogP contribution is 2.41. The monoisotopic (exact) mass is 178 g/mol. The summed E-state index contributed by atoms with van der Waals surface area (Å²) in [6, 6.07) is 0. The van der Waals surface area contributed by atoms with Crippen LogP contribution < -0.4 is 0 Å². The Bertz CT molecular complexity index is 229. The molecule has 72 valence electrons. The average Bonchev–Trinajstić information content (AvgIpc) is 2.17. The highest BCUT2D eigenvalue weighted by atomic mass is 16.1. The van der Waals surface area contributed by atoms with Gasteiger partial charge in [-0.1, -0.05) is 25.0 Å². The molecule has 0 aromatic heterocycles. The van der Waals surface area contributed by atoms with Gasteiger partial charge in [-0.25, -0.2) is 0 Å². The minimum Gasteiger partial charge on any atom is -0.299 e. The summed E-state index contributed by atoms with van der Waals surface area (Å²) in [6.45, 7) is 1.74. The number of carbonyl (C=O) groups excluding carboxylic acids is 1. The zero-order valence-corrected chi connectivity index (χ0v) is 8.33. The summed E-state index contributed by atoms with van der Waals surface area (Å²) in [7, 11) is 0. The maximum absolute atomic E-state index is 11.4. The van der Waals surface area contributed by atoms with Crippen molar-refractivity contribution in [2.75, 3.05) is 0 Å². The van der Waals surface area contributed by atoms with E-state index in [1.807, 2.05) is 0 Å². The zero-order chi connectivity index (χ0) is 9.26. The quantitative estimate of drug-likeness (QED) is 0.564. The molecular weight excluding hydrogens is 160 g/mol. The lowest BCUT2D eigenvalue weighted by molar-refractivity contribution is -0.122. The molecule has 0 aromatic rings. The second-order valence-electron chi connectivity index (χ2n) is 4.51. The Hall–Kier alpha value is -0.590. The molecule has 1 saturated carbocycles. The molecule has 0 spiro atoms. The number of hydrogen-bond acceptors (Lipinski definition) is 1. The second-order valence-corrected chi connectivity index (χ2v) is 4.51. The van der Waals surface area contributed by atoms with E-state index in [1.54, 1.807) is 6.92 Å². The largest absolute Gasteiger partial charge is 0.299 e. The van der Waals surface area contributed by atoms with E-state index in [0.29, 0.717) is 11.7 Å². The Morgan fingerprint density at radius 2 is 2.08 bits per heavy atom. The molecule has 0 radical (unpaired) electrons. The predicted octanol–water partition coefficient (Wildman–Crippen LogP) is 2.96. The molecule has 0 amide bonds. The van der Waals surface area contributed by atoms with Crippen molar-refractivity contribution in [1.29, 1.82) is 0 Å². The summed E-state index contributed by atoms with van der Waals surface area (Å²) in [5, 5.41) is 0. The molecule has 2 aliphatic rings. The fourth-order valence-electron chi connectivity index (χ4n) is 2.98. The fourth-order valence-corrected chi connectivity index (χ4v) is 2.98. The van der Waals surface area contributed by atoms with Gasteiger partial charge >= 0.3 is 0 Å². The highest BCUT2D eigenvalue weighted by molar-refractivity contribution is 5.80. The molecule has 0 aromatic carbocycles. The first kappa shape index (κ1) is 8.98. The van der Waals surface area contributed by atoms with Crippen molar-refractivity contribution >= 4 is 5.78 Å². The number of ketones is 1.